The Kier molecular flexibility index (Phi) is 2.84. The molecule has 1 aromatic carbocycles. The van der Waals surface area contributed by atoms with Crippen LogP contribution in [0.2, 0.25) is 0 Å². The van der Waals surface area contributed by atoms with Gasteiger partial charge in [0.15, 0.2) is 0 Å². The van der Waals surface area contributed by atoms with Crippen molar-refractivity contribution in [3.8, 4) is 0 Å². The van der Waals surface area contributed by atoms with Gasteiger partial charge in [-0.3, -0.25) is 4.68 Å². The molecule has 1 fully saturated rings. The van der Waals surface area contributed by atoms with Crippen LogP contribution in [0, 0.1) is 11.8 Å². The Balaban J connectivity index is 1.51. The molecule has 2 aliphatic carbocycles. The van der Waals surface area contributed by atoms with Crippen molar-refractivity contribution < 1.29 is 0 Å². The third-order valence-corrected chi connectivity index (χ3v) is 4.61. The molecule has 0 saturated heterocycles. The number of allylic oxidation sites excluding steroid dienone is 1. The number of nitrogens with zero attached hydrogens (tertiary/aromatic N) is 2. The van der Waals surface area contributed by atoms with E-state index in [4.69, 9.17) is 0 Å². The summed E-state index contributed by atoms with van der Waals surface area (Å²) >= 11 is 0. The summed E-state index contributed by atoms with van der Waals surface area (Å²) in [6.07, 6.45) is 11.1. The lowest BCUT2D eigenvalue weighted by atomic mass is 9.71. The summed E-state index contributed by atoms with van der Waals surface area (Å²) < 4.78 is 1.97. The monoisotopic (exact) mass is 265 g/mol. The van der Waals surface area contributed by atoms with E-state index in [2.05, 4.69) is 46.8 Å². The van der Waals surface area contributed by atoms with Gasteiger partial charge in [0.05, 0.1) is 6.54 Å². The molecule has 4 rings (SSSR count). The number of anilines is 1. The quantitative estimate of drug-likeness (QED) is 0.860. The molecular formula is C17H19N3. The van der Waals surface area contributed by atoms with Crippen LogP contribution in [0.3, 0.4) is 0 Å². The van der Waals surface area contributed by atoms with Crippen molar-refractivity contribution in [2.75, 3.05) is 5.32 Å². The summed E-state index contributed by atoms with van der Waals surface area (Å²) in [7, 11) is 0. The lowest BCUT2D eigenvalue weighted by molar-refractivity contribution is 0.218. The van der Waals surface area contributed by atoms with E-state index >= 15 is 0 Å². The lowest BCUT2D eigenvalue weighted by Crippen LogP contribution is -2.43. The summed E-state index contributed by atoms with van der Waals surface area (Å²) in [5, 5.41) is 8.04. The Morgan fingerprint density at radius 3 is 3.05 bits per heavy atom. The fourth-order valence-corrected chi connectivity index (χ4v) is 3.45. The Hall–Kier alpha value is -2.03. The molecule has 3 atom stereocenters. The number of nitrogens with one attached hydrogen (secondary N) is 1. The summed E-state index contributed by atoms with van der Waals surface area (Å²) in [6, 6.07) is 11.2. The second-order valence-corrected chi connectivity index (χ2v) is 5.85. The van der Waals surface area contributed by atoms with Crippen molar-refractivity contribution in [1.29, 1.82) is 0 Å². The van der Waals surface area contributed by atoms with E-state index in [0.717, 1.165) is 18.4 Å². The van der Waals surface area contributed by atoms with Gasteiger partial charge >= 0.3 is 0 Å². The van der Waals surface area contributed by atoms with E-state index in [0.29, 0.717) is 6.04 Å². The fourth-order valence-electron chi connectivity index (χ4n) is 3.45. The van der Waals surface area contributed by atoms with Gasteiger partial charge in [-0.25, -0.2) is 0 Å². The summed E-state index contributed by atoms with van der Waals surface area (Å²) in [5.41, 5.74) is 2.56. The molecule has 2 aliphatic rings. The number of rotatable bonds is 4. The number of fused-ring (bicyclic) bond motifs is 1. The lowest BCUT2D eigenvalue weighted by Gasteiger charge is -2.41. The van der Waals surface area contributed by atoms with E-state index in [1.54, 1.807) is 0 Å². The van der Waals surface area contributed by atoms with E-state index in [-0.39, 0.29) is 0 Å². The van der Waals surface area contributed by atoms with Crippen molar-refractivity contribution >= 4 is 5.69 Å². The highest BCUT2D eigenvalue weighted by Crippen LogP contribution is 2.44. The van der Waals surface area contributed by atoms with Crippen molar-refractivity contribution in [3.05, 3.63) is 60.4 Å². The van der Waals surface area contributed by atoms with Crippen LogP contribution in [0.1, 0.15) is 18.4 Å². The molecule has 102 valence electrons. The van der Waals surface area contributed by atoms with Crippen LogP contribution in [-0.2, 0) is 6.54 Å². The molecule has 3 heteroatoms. The van der Waals surface area contributed by atoms with E-state index in [1.807, 2.05) is 23.1 Å². The predicted octanol–water partition coefficient (Wildman–Crippen LogP) is 3.31. The van der Waals surface area contributed by atoms with Gasteiger partial charge in [0, 0.05) is 30.0 Å². The zero-order valence-corrected chi connectivity index (χ0v) is 11.4. The molecule has 0 aliphatic heterocycles. The smallest absolute Gasteiger partial charge is 0.0679 e. The first kappa shape index (κ1) is 11.8. The molecule has 20 heavy (non-hydrogen) atoms. The van der Waals surface area contributed by atoms with Gasteiger partial charge < -0.3 is 5.32 Å². The maximum atomic E-state index is 4.30. The molecule has 2 aromatic rings. The molecule has 0 radical (unpaired) electrons. The number of benzene rings is 1. The highest BCUT2D eigenvalue weighted by atomic mass is 15.3. The van der Waals surface area contributed by atoms with Gasteiger partial charge in [-0.1, -0.05) is 30.4 Å². The van der Waals surface area contributed by atoms with Crippen molar-refractivity contribution in [3.63, 3.8) is 0 Å². The van der Waals surface area contributed by atoms with Gasteiger partial charge in [-0.2, -0.15) is 5.10 Å². The molecular weight excluding hydrogens is 246 g/mol. The highest BCUT2D eigenvalue weighted by Gasteiger charge is 2.40. The maximum absolute atomic E-state index is 4.30. The Labute approximate surface area is 119 Å². The predicted molar refractivity (Wildman–Crippen MR) is 80.5 cm³/mol. The van der Waals surface area contributed by atoms with Crippen LogP contribution in [0.25, 0.3) is 0 Å². The minimum atomic E-state index is 0.609. The first-order valence-electron chi connectivity index (χ1n) is 7.39. The minimum Gasteiger partial charge on any atom is -0.381 e. The summed E-state index contributed by atoms with van der Waals surface area (Å²) in [5.74, 6) is 1.64. The van der Waals surface area contributed by atoms with Crippen LogP contribution in [0.4, 0.5) is 5.69 Å². The third kappa shape index (κ3) is 2.03. The standard InChI is InChI=1S/C17H19N3/c1-2-8-16(14(5-1)12-20-10-4-9-18-20)19-17-11-13-6-3-7-15(13)17/h1-5,7-10,13,15,17,19H,6,11-12H2. The molecule has 0 bridgehead atoms. The van der Waals surface area contributed by atoms with Gasteiger partial charge in [-0.05, 0) is 36.5 Å². The van der Waals surface area contributed by atoms with Crippen LogP contribution < -0.4 is 5.32 Å². The summed E-state index contributed by atoms with van der Waals surface area (Å²) in [6.45, 7) is 0.826. The van der Waals surface area contributed by atoms with Gasteiger partial charge in [0.2, 0.25) is 0 Å². The van der Waals surface area contributed by atoms with E-state index < -0.39 is 0 Å². The fraction of sp³-hybridized carbons (Fsp3) is 0.353. The van der Waals surface area contributed by atoms with Crippen molar-refractivity contribution in [1.82, 2.24) is 9.78 Å². The molecule has 3 unspecified atom stereocenters. The van der Waals surface area contributed by atoms with Crippen LogP contribution in [0.15, 0.2) is 54.9 Å². The first-order valence-corrected chi connectivity index (χ1v) is 7.39. The minimum absolute atomic E-state index is 0.609. The average Bonchev–Trinajstić information content (AvgIpc) is 3.07. The van der Waals surface area contributed by atoms with Crippen LogP contribution in [-0.4, -0.2) is 15.8 Å². The zero-order chi connectivity index (χ0) is 13.4. The maximum Gasteiger partial charge on any atom is 0.0679 e. The first-order chi connectivity index (χ1) is 9.90. The molecule has 0 amide bonds. The molecule has 3 nitrogen and oxygen atoms in total. The Bertz CT molecular complexity index is 615. The van der Waals surface area contributed by atoms with Gasteiger partial charge in [-0.15, -0.1) is 0 Å². The third-order valence-electron chi connectivity index (χ3n) is 4.61. The highest BCUT2D eigenvalue weighted by molar-refractivity contribution is 5.52. The number of para-hydroxylation sites is 1. The topological polar surface area (TPSA) is 29.9 Å². The number of aromatic nitrogens is 2. The second kappa shape index (κ2) is 4.82. The zero-order valence-electron chi connectivity index (χ0n) is 11.4. The normalized spacial score (nSPS) is 27.1. The molecule has 1 saturated carbocycles. The molecule has 1 aromatic heterocycles. The Morgan fingerprint density at radius 2 is 2.20 bits per heavy atom. The number of hydrogen-bond acceptors (Lipinski definition) is 2. The second-order valence-electron chi connectivity index (χ2n) is 5.85. The van der Waals surface area contributed by atoms with Crippen LogP contribution >= 0.6 is 0 Å². The largest absolute Gasteiger partial charge is 0.381 e. The van der Waals surface area contributed by atoms with Crippen molar-refractivity contribution in [2.45, 2.75) is 25.4 Å². The Morgan fingerprint density at radius 1 is 1.25 bits per heavy atom. The number of hydrogen-bond donors (Lipinski definition) is 1. The van der Waals surface area contributed by atoms with Gasteiger partial charge in [0.25, 0.3) is 0 Å². The summed E-state index contributed by atoms with van der Waals surface area (Å²) in [4.78, 5) is 0. The van der Waals surface area contributed by atoms with E-state index in [1.165, 1.54) is 24.1 Å². The molecule has 1 N–H and O–H groups in total. The molecule has 0 spiro atoms. The van der Waals surface area contributed by atoms with E-state index in [9.17, 15) is 0 Å². The molecule has 1 heterocycles. The van der Waals surface area contributed by atoms with Crippen LogP contribution in [0.5, 0.6) is 0 Å². The van der Waals surface area contributed by atoms with Gasteiger partial charge in [0.1, 0.15) is 0 Å². The SMILES string of the molecule is C1=CC2C(C1)CC2Nc1ccccc1Cn1cccn1. The van der Waals surface area contributed by atoms with Crippen molar-refractivity contribution in [2.24, 2.45) is 11.8 Å². The average molecular weight is 265 g/mol.